The van der Waals surface area contributed by atoms with E-state index in [1.54, 1.807) is 6.07 Å². The molecular formula is C16H16N2O4. The fourth-order valence-corrected chi connectivity index (χ4v) is 2.08. The largest absolute Gasteiger partial charge is 0.495 e. The van der Waals surface area contributed by atoms with Crippen molar-refractivity contribution in [2.75, 3.05) is 12.4 Å². The molecule has 0 aliphatic heterocycles. The van der Waals surface area contributed by atoms with Gasteiger partial charge in [0.25, 0.3) is 11.6 Å². The van der Waals surface area contributed by atoms with Gasteiger partial charge in [0.2, 0.25) is 0 Å². The Morgan fingerprint density at radius 3 is 2.55 bits per heavy atom. The quantitative estimate of drug-likeness (QED) is 0.692. The van der Waals surface area contributed by atoms with E-state index in [-0.39, 0.29) is 17.3 Å². The molecule has 0 aliphatic rings. The fourth-order valence-electron chi connectivity index (χ4n) is 2.08. The molecule has 0 radical (unpaired) electrons. The van der Waals surface area contributed by atoms with Gasteiger partial charge in [-0.1, -0.05) is 17.7 Å². The Morgan fingerprint density at radius 2 is 1.91 bits per heavy atom. The first kappa shape index (κ1) is 15.5. The highest BCUT2D eigenvalue weighted by Gasteiger charge is 2.15. The zero-order valence-corrected chi connectivity index (χ0v) is 12.5. The second kappa shape index (κ2) is 6.26. The summed E-state index contributed by atoms with van der Waals surface area (Å²) in [6.07, 6.45) is 0. The van der Waals surface area contributed by atoms with Gasteiger partial charge in [0, 0.05) is 17.7 Å². The summed E-state index contributed by atoms with van der Waals surface area (Å²) in [6.45, 7) is 3.73. The van der Waals surface area contributed by atoms with Crippen LogP contribution < -0.4 is 10.1 Å². The van der Waals surface area contributed by atoms with Crippen LogP contribution in [0.15, 0.2) is 36.4 Å². The summed E-state index contributed by atoms with van der Waals surface area (Å²) in [6, 6.07) is 9.61. The molecule has 0 aromatic heterocycles. The molecule has 0 bridgehead atoms. The first-order valence-electron chi connectivity index (χ1n) is 6.63. The van der Waals surface area contributed by atoms with Crippen LogP contribution in [-0.2, 0) is 0 Å². The van der Waals surface area contributed by atoms with Gasteiger partial charge >= 0.3 is 0 Å². The van der Waals surface area contributed by atoms with Gasteiger partial charge in [0.1, 0.15) is 5.75 Å². The number of benzene rings is 2. The normalized spacial score (nSPS) is 10.1. The monoisotopic (exact) mass is 300 g/mol. The summed E-state index contributed by atoms with van der Waals surface area (Å²) in [7, 11) is 1.44. The molecule has 0 unspecified atom stereocenters. The number of amides is 1. The molecule has 0 heterocycles. The molecule has 1 amide bonds. The second-order valence-electron chi connectivity index (χ2n) is 4.91. The van der Waals surface area contributed by atoms with E-state index in [4.69, 9.17) is 4.74 Å². The van der Waals surface area contributed by atoms with Crippen molar-refractivity contribution in [1.82, 2.24) is 0 Å². The number of nitrogens with zero attached hydrogens (tertiary/aromatic N) is 1. The third-order valence-electron chi connectivity index (χ3n) is 3.28. The Balaban J connectivity index is 2.36. The maximum Gasteiger partial charge on any atom is 0.271 e. The van der Waals surface area contributed by atoms with Crippen molar-refractivity contribution in [1.29, 1.82) is 0 Å². The summed E-state index contributed by atoms with van der Waals surface area (Å²) in [5.74, 6) is 0.0317. The van der Waals surface area contributed by atoms with Crippen LogP contribution in [0, 0.1) is 24.0 Å². The van der Waals surface area contributed by atoms with Gasteiger partial charge in [-0.25, -0.2) is 0 Å². The van der Waals surface area contributed by atoms with Crippen LogP contribution in [0.4, 0.5) is 11.4 Å². The van der Waals surface area contributed by atoms with Crippen LogP contribution in [0.1, 0.15) is 21.5 Å². The number of nitrogens with one attached hydrogen (secondary N) is 1. The Hall–Kier alpha value is -2.89. The van der Waals surface area contributed by atoms with Crippen molar-refractivity contribution in [2.45, 2.75) is 13.8 Å². The Kier molecular flexibility index (Phi) is 4.41. The summed E-state index contributed by atoms with van der Waals surface area (Å²) >= 11 is 0. The van der Waals surface area contributed by atoms with Crippen LogP contribution in [-0.4, -0.2) is 17.9 Å². The molecule has 22 heavy (non-hydrogen) atoms. The van der Waals surface area contributed by atoms with Crippen molar-refractivity contribution in [2.24, 2.45) is 0 Å². The van der Waals surface area contributed by atoms with Gasteiger partial charge in [-0.05, 0) is 31.5 Å². The van der Waals surface area contributed by atoms with Gasteiger partial charge in [-0.2, -0.15) is 0 Å². The molecule has 0 atom stereocenters. The number of nitro benzene ring substituents is 1. The van der Waals surface area contributed by atoms with E-state index in [0.717, 1.165) is 11.1 Å². The minimum atomic E-state index is -0.521. The average Bonchev–Trinajstić information content (AvgIpc) is 2.49. The number of nitro groups is 1. The SMILES string of the molecule is COc1ccc([N+](=O)[O-])cc1NC(=O)c1cc(C)ccc1C. The molecule has 0 saturated carbocycles. The number of non-ortho nitro benzene ring substituents is 1. The third-order valence-corrected chi connectivity index (χ3v) is 3.28. The summed E-state index contributed by atoms with van der Waals surface area (Å²) in [5.41, 5.74) is 2.46. The number of hydrogen-bond acceptors (Lipinski definition) is 4. The van der Waals surface area contributed by atoms with Gasteiger partial charge in [0.15, 0.2) is 0 Å². The molecular weight excluding hydrogens is 284 g/mol. The lowest BCUT2D eigenvalue weighted by atomic mass is 10.0. The molecule has 2 aromatic carbocycles. The van der Waals surface area contributed by atoms with Crippen LogP contribution in [0.5, 0.6) is 5.75 Å². The lowest BCUT2D eigenvalue weighted by Crippen LogP contribution is -2.14. The van der Waals surface area contributed by atoms with Crippen LogP contribution in [0.2, 0.25) is 0 Å². The first-order valence-corrected chi connectivity index (χ1v) is 6.63. The highest BCUT2D eigenvalue weighted by atomic mass is 16.6. The number of rotatable bonds is 4. The van der Waals surface area contributed by atoms with E-state index >= 15 is 0 Å². The topological polar surface area (TPSA) is 81.5 Å². The molecule has 0 saturated heterocycles. The molecule has 2 aromatic rings. The predicted molar refractivity (Wildman–Crippen MR) is 83.5 cm³/mol. The van der Waals surface area contributed by atoms with Crippen LogP contribution in [0.3, 0.4) is 0 Å². The lowest BCUT2D eigenvalue weighted by Gasteiger charge is -2.11. The fraction of sp³-hybridized carbons (Fsp3) is 0.188. The van der Waals surface area contributed by atoms with Crippen molar-refractivity contribution in [3.05, 3.63) is 63.2 Å². The standard InChI is InChI=1S/C16H16N2O4/c1-10-4-5-11(2)13(8-10)16(19)17-14-9-12(18(20)21)6-7-15(14)22-3/h4-9H,1-3H3,(H,17,19). The van der Waals surface area contributed by atoms with E-state index in [0.29, 0.717) is 11.3 Å². The smallest absolute Gasteiger partial charge is 0.271 e. The average molecular weight is 300 g/mol. The molecule has 6 nitrogen and oxygen atoms in total. The second-order valence-corrected chi connectivity index (χ2v) is 4.91. The molecule has 0 aliphatic carbocycles. The molecule has 6 heteroatoms. The summed E-state index contributed by atoms with van der Waals surface area (Å²) in [4.78, 5) is 22.7. The maximum atomic E-state index is 12.4. The number of anilines is 1. The third kappa shape index (κ3) is 3.22. The van der Waals surface area contributed by atoms with E-state index in [1.165, 1.54) is 25.3 Å². The van der Waals surface area contributed by atoms with Gasteiger partial charge in [-0.3, -0.25) is 14.9 Å². The van der Waals surface area contributed by atoms with E-state index in [1.807, 2.05) is 26.0 Å². The Labute approximate surface area is 127 Å². The molecule has 0 fully saturated rings. The highest BCUT2D eigenvalue weighted by molar-refractivity contribution is 6.06. The zero-order valence-electron chi connectivity index (χ0n) is 12.5. The Bertz CT molecular complexity index is 741. The minimum absolute atomic E-state index is 0.114. The number of hydrogen-bond donors (Lipinski definition) is 1. The first-order chi connectivity index (χ1) is 10.4. The van der Waals surface area contributed by atoms with Crippen molar-refractivity contribution < 1.29 is 14.5 Å². The summed E-state index contributed by atoms with van der Waals surface area (Å²) < 4.78 is 5.13. The van der Waals surface area contributed by atoms with E-state index < -0.39 is 4.92 Å². The van der Waals surface area contributed by atoms with Crippen molar-refractivity contribution >= 4 is 17.3 Å². The molecule has 1 N–H and O–H groups in total. The summed E-state index contributed by atoms with van der Waals surface area (Å²) in [5, 5.41) is 13.5. The molecule has 2 rings (SSSR count). The van der Waals surface area contributed by atoms with Crippen molar-refractivity contribution in [3.8, 4) is 5.75 Å². The van der Waals surface area contributed by atoms with Crippen LogP contribution >= 0.6 is 0 Å². The Morgan fingerprint density at radius 1 is 1.18 bits per heavy atom. The van der Waals surface area contributed by atoms with E-state index in [9.17, 15) is 14.9 Å². The number of carbonyl (C=O) groups excluding carboxylic acids is 1. The molecule has 0 spiro atoms. The number of ether oxygens (including phenoxy) is 1. The van der Waals surface area contributed by atoms with Crippen LogP contribution in [0.25, 0.3) is 0 Å². The predicted octanol–water partition coefficient (Wildman–Crippen LogP) is 3.47. The van der Waals surface area contributed by atoms with Crippen molar-refractivity contribution in [3.63, 3.8) is 0 Å². The number of carbonyl (C=O) groups is 1. The number of aryl methyl sites for hydroxylation is 2. The number of methoxy groups -OCH3 is 1. The van der Waals surface area contributed by atoms with Gasteiger partial charge in [0.05, 0.1) is 17.7 Å². The lowest BCUT2D eigenvalue weighted by molar-refractivity contribution is -0.384. The van der Waals surface area contributed by atoms with Gasteiger partial charge < -0.3 is 10.1 Å². The highest BCUT2D eigenvalue weighted by Crippen LogP contribution is 2.29. The maximum absolute atomic E-state index is 12.4. The minimum Gasteiger partial charge on any atom is -0.495 e. The van der Waals surface area contributed by atoms with E-state index in [2.05, 4.69) is 5.32 Å². The zero-order chi connectivity index (χ0) is 16.3. The molecule has 114 valence electrons. The van der Waals surface area contributed by atoms with Gasteiger partial charge in [-0.15, -0.1) is 0 Å².